The Kier molecular flexibility index (Phi) is 6.88. The molecule has 3 aromatic rings. The quantitative estimate of drug-likeness (QED) is 0.376. The van der Waals surface area contributed by atoms with Crippen molar-refractivity contribution in [2.45, 2.75) is 50.5 Å². The van der Waals surface area contributed by atoms with E-state index in [4.69, 9.17) is 9.47 Å². The van der Waals surface area contributed by atoms with E-state index < -0.39 is 37.3 Å². The molecule has 2 aromatic carbocycles. The lowest BCUT2D eigenvalue weighted by atomic mass is 9.99. The van der Waals surface area contributed by atoms with Gasteiger partial charge in [-0.15, -0.1) is 5.10 Å². The van der Waals surface area contributed by atoms with E-state index in [0.29, 0.717) is 6.42 Å². The first-order valence-corrected chi connectivity index (χ1v) is 10.7. The first-order valence-electron chi connectivity index (χ1n) is 10.7. The summed E-state index contributed by atoms with van der Waals surface area (Å²) in [5, 5.41) is 47.2. The molecule has 0 spiro atoms. The van der Waals surface area contributed by atoms with Gasteiger partial charge < -0.3 is 29.9 Å². The fourth-order valence-corrected chi connectivity index (χ4v) is 3.83. The SMILES string of the molecule is CCc1ccc(Cc2c(O[C@@H]3O[C@H](CO)[C@@H](O)[C@H](O)[C@H]3O)n[nH]c2-c2ccccc2)cc1. The van der Waals surface area contributed by atoms with Crippen molar-refractivity contribution in [3.05, 3.63) is 71.3 Å². The molecular weight excluding hydrogens is 412 g/mol. The lowest BCUT2D eigenvalue weighted by Gasteiger charge is -2.39. The van der Waals surface area contributed by atoms with Crippen LogP contribution >= 0.6 is 0 Å². The maximum Gasteiger partial charge on any atom is 0.239 e. The molecule has 32 heavy (non-hydrogen) atoms. The summed E-state index contributed by atoms with van der Waals surface area (Å²) >= 11 is 0. The Balaban J connectivity index is 1.66. The summed E-state index contributed by atoms with van der Waals surface area (Å²) < 4.78 is 11.4. The van der Waals surface area contributed by atoms with E-state index in [1.165, 1.54) is 5.56 Å². The second kappa shape index (κ2) is 9.81. The van der Waals surface area contributed by atoms with Gasteiger partial charge in [0, 0.05) is 12.0 Å². The molecule has 0 saturated carbocycles. The zero-order chi connectivity index (χ0) is 22.7. The summed E-state index contributed by atoms with van der Waals surface area (Å²) in [5.74, 6) is 0.216. The fourth-order valence-electron chi connectivity index (χ4n) is 3.83. The van der Waals surface area contributed by atoms with Crippen LogP contribution in [0.15, 0.2) is 54.6 Å². The van der Waals surface area contributed by atoms with Gasteiger partial charge in [0.1, 0.15) is 24.4 Å². The summed E-state index contributed by atoms with van der Waals surface area (Å²) in [7, 11) is 0. The van der Waals surface area contributed by atoms with Gasteiger partial charge in [-0.05, 0) is 23.1 Å². The van der Waals surface area contributed by atoms with Gasteiger partial charge in [0.15, 0.2) is 0 Å². The average molecular weight is 440 g/mol. The number of nitrogens with one attached hydrogen (secondary N) is 1. The van der Waals surface area contributed by atoms with E-state index in [1.807, 2.05) is 30.3 Å². The van der Waals surface area contributed by atoms with Crippen LogP contribution in [0.4, 0.5) is 0 Å². The number of ether oxygens (including phenoxy) is 2. The maximum atomic E-state index is 10.4. The normalized spacial score (nSPS) is 25.6. The van der Waals surface area contributed by atoms with Gasteiger partial charge in [0.2, 0.25) is 12.2 Å². The Bertz CT molecular complexity index is 1010. The average Bonchev–Trinajstić information content (AvgIpc) is 3.22. The number of aryl methyl sites for hydroxylation is 1. The molecule has 4 rings (SSSR count). The van der Waals surface area contributed by atoms with E-state index in [2.05, 4.69) is 41.4 Å². The minimum atomic E-state index is -1.52. The molecule has 1 aliphatic heterocycles. The van der Waals surface area contributed by atoms with Crippen LogP contribution in [0.5, 0.6) is 5.88 Å². The highest BCUT2D eigenvalue weighted by atomic mass is 16.7. The van der Waals surface area contributed by atoms with Gasteiger partial charge in [-0.2, -0.15) is 0 Å². The van der Waals surface area contributed by atoms with Crippen LogP contribution in [0, 0.1) is 0 Å². The van der Waals surface area contributed by atoms with Crippen LogP contribution in [-0.2, 0) is 17.6 Å². The Labute approximate surface area is 186 Å². The minimum absolute atomic E-state index is 0.216. The van der Waals surface area contributed by atoms with Crippen LogP contribution in [0.3, 0.4) is 0 Å². The number of aromatic amines is 1. The molecule has 8 nitrogen and oxygen atoms in total. The second-order valence-corrected chi connectivity index (χ2v) is 7.91. The zero-order valence-electron chi connectivity index (χ0n) is 17.8. The number of hydrogen-bond acceptors (Lipinski definition) is 7. The van der Waals surface area contributed by atoms with Crippen molar-refractivity contribution >= 4 is 0 Å². The number of aromatic nitrogens is 2. The summed E-state index contributed by atoms with van der Waals surface area (Å²) in [4.78, 5) is 0. The van der Waals surface area contributed by atoms with Gasteiger partial charge in [-0.1, -0.05) is 61.5 Å². The number of aliphatic hydroxyl groups excluding tert-OH is 4. The Morgan fingerprint density at radius 1 is 0.938 bits per heavy atom. The van der Waals surface area contributed by atoms with Gasteiger partial charge in [0.05, 0.1) is 12.3 Å². The van der Waals surface area contributed by atoms with Crippen LogP contribution in [-0.4, -0.2) is 67.9 Å². The topological polar surface area (TPSA) is 128 Å². The number of nitrogens with zero attached hydrogens (tertiary/aromatic N) is 1. The fraction of sp³-hybridized carbons (Fsp3) is 0.375. The third kappa shape index (κ3) is 4.55. The molecule has 0 bridgehead atoms. The minimum Gasteiger partial charge on any atom is -0.443 e. The van der Waals surface area contributed by atoms with Gasteiger partial charge >= 0.3 is 0 Å². The molecule has 1 aliphatic rings. The van der Waals surface area contributed by atoms with Crippen molar-refractivity contribution in [2.75, 3.05) is 6.61 Å². The lowest BCUT2D eigenvalue weighted by Crippen LogP contribution is -2.60. The molecule has 170 valence electrons. The number of benzene rings is 2. The predicted octanol–water partition coefficient (Wildman–Crippen LogP) is 1.41. The standard InChI is InChI=1S/C24H28N2O6/c1-2-14-8-10-15(11-9-14)12-17-19(16-6-4-3-5-7-16)25-26-23(17)32-24-22(30)21(29)20(28)18(13-27)31-24/h3-11,18,20-22,24,27-30H,2,12-13H2,1H3,(H,25,26)/t18-,20-,21+,22-,24+/m1/s1. The lowest BCUT2D eigenvalue weighted by molar-refractivity contribution is -0.278. The molecule has 5 atom stereocenters. The highest BCUT2D eigenvalue weighted by Crippen LogP contribution is 2.33. The van der Waals surface area contributed by atoms with Gasteiger partial charge in [-0.3, -0.25) is 5.10 Å². The van der Waals surface area contributed by atoms with Crippen LogP contribution < -0.4 is 4.74 Å². The highest BCUT2D eigenvalue weighted by Gasteiger charge is 2.45. The van der Waals surface area contributed by atoms with E-state index >= 15 is 0 Å². The molecule has 0 radical (unpaired) electrons. The molecular formula is C24H28N2O6. The van der Waals surface area contributed by atoms with E-state index in [1.54, 1.807) is 0 Å². The Hall–Kier alpha value is -2.75. The number of rotatable bonds is 7. The van der Waals surface area contributed by atoms with Crippen molar-refractivity contribution in [1.82, 2.24) is 10.2 Å². The van der Waals surface area contributed by atoms with Crippen LogP contribution in [0.2, 0.25) is 0 Å². The molecule has 2 heterocycles. The second-order valence-electron chi connectivity index (χ2n) is 7.91. The van der Waals surface area contributed by atoms with Crippen molar-refractivity contribution in [2.24, 2.45) is 0 Å². The van der Waals surface area contributed by atoms with E-state index in [9.17, 15) is 20.4 Å². The molecule has 5 N–H and O–H groups in total. The largest absolute Gasteiger partial charge is 0.443 e. The monoisotopic (exact) mass is 440 g/mol. The maximum absolute atomic E-state index is 10.4. The van der Waals surface area contributed by atoms with Gasteiger partial charge in [-0.25, -0.2) is 0 Å². The molecule has 0 unspecified atom stereocenters. The summed E-state index contributed by atoms with van der Waals surface area (Å²) in [6, 6.07) is 17.9. The number of H-pyrrole nitrogens is 1. The zero-order valence-corrected chi connectivity index (χ0v) is 17.8. The van der Waals surface area contributed by atoms with Crippen LogP contribution in [0.25, 0.3) is 11.3 Å². The smallest absolute Gasteiger partial charge is 0.239 e. The molecule has 1 aromatic heterocycles. The molecule has 1 saturated heterocycles. The van der Waals surface area contributed by atoms with Crippen LogP contribution in [0.1, 0.15) is 23.6 Å². The number of hydrogen-bond donors (Lipinski definition) is 5. The van der Waals surface area contributed by atoms with Gasteiger partial charge in [0.25, 0.3) is 0 Å². The van der Waals surface area contributed by atoms with Crippen molar-refractivity contribution in [3.8, 4) is 17.1 Å². The van der Waals surface area contributed by atoms with E-state index in [-0.39, 0.29) is 5.88 Å². The Morgan fingerprint density at radius 2 is 1.62 bits per heavy atom. The third-order valence-electron chi connectivity index (χ3n) is 5.78. The summed E-state index contributed by atoms with van der Waals surface area (Å²) in [5.41, 5.74) is 4.74. The molecule has 0 amide bonds. The van der Waals surface area contributed by atoms with Crippen molar-refractivity contribution in [1.29, 1.82) is 0 Å². The number of aliphatic hydroxyl groups is 4. The Morgan fingerprint density at radius 3 is 2.28 bits per heavy atom. The van der Waals surface area contributed by atoms with Crippen molar-refractivity contribution in [3.63, 3.8) is 0 Å². The molecule has 8 heteroatoms. The third-order valence-corrected chi connectivity index (χ3v) is 5.78. The molecule has 0 aliphatic carbocycles. The van der Waals surface area contributed by atoms with E-state index in [0.717, 1.165) is 28.8 Å². The summed E-state index contributed by atoms with van der Waals surface area (Å²) in [6.45, 7) is 1.57. The highest BCUT2D eigenvalue weighted by molar-refractivity contribution is 5.66. The first-order chi connectivity index (χ1) is 15.5. The van der Waals surface area contributed by atoms with Crippen molar-refractivity contribution < 1.29 is 29.9 Å². The summed E-state index contributed by atoms with van der Waals surface area (Å²) in [6.07, 6.45) is -5.39. The molecule has 1 fully saturated rings. The predicted molar refractivity (Wildman–Crippen MR) is 117 cm³/mol. The first kappa shape index (κ1) is 22.4.